The van der Waals surface area contributed by atoms with Gasteiger partial charge in [0, 0.05) is 12.1 Å². The Kier molecular flexibility index (Phi) is 6.61. The lowest BCUT2D eigenvalue weighted by molar-refractivity contribution is -0.122. The molecule has 128 valence electrons. The standard InChI is InChI=1S/C19H24N2O3/c1-3-4-9-16(14-15-10-5-6-11-17(15)24-2)19(22)20-18-12-7-8-13-21(18)23/h5-8,10-13,16,23H,3-4,9,14H2,1-2H3. The zero-order valence-electron chi connectivity index (χ0n) is 14.2. The third-order valence-corrected chi connectivity index (χ3v) is 3.96. The highest BCUT2D eigenvalue weighted by atomic mass is 16.5. The van der Waals surface area contributed by atoms with Crippen LogP contribution in [-0.2, 0) is 11.2 Å². The Morgan fingerprint density at radius 2 is 2.00 bits per heavy atom. The van der Waals surface area contributed by atoms with Crippen molar-refractivity contribution in [2.24, 2.45) is 10.9 Å². The van der Waals surface area contributed by atoms with Gasteiger partial charge in [-0.25, -0.2) is 0 Å². The molecule has 0 fully saturated rings. The number of methoxy groups -OCH3 is 1. The summed E-state index contributed by atoms with van der Waals surface area (Å²) in [5, 5.41) is 9.74. The maximum Gasteiger partial charge on any atom is 0.251 e. The van der Waals surface area contributed by atoms with Crippen LogP contribution in [0.1, 0.15) is 31.7 Å². The van der Waals surface area contributed by atoms with Crippen molar-refractivity contribution in [3.63, 3.8) is 0 Å². The molecule has 1 amide bonds. The first kappa shape index (κ1) is 17.8. The monoisotopic (exact) mass is 328 g/mol. The van der Waals surface area contributed by atoms with Crippen LogP contribution in [0.3, 0.4) is 0 Å². The fourth-order valence-corrected chi connectivity index (χ4v) is 2.62. The van der Waals surface area contributed by atoms with Gasteiger partial charge in [0.15, 0.2) is 5.49 Å². The molecule has 0 spiro atoms. The number of ether oxygens (including phenoxy) is 1. The summed E-state index contributed by atoms with van der Waals surface area (Å²) in [5.41, 5.74) is 1.23. The highest BCUT2D eigenvalue weighted by Gasteiger charge is 2.20. The molecule has 1 unspecified atom stereocenters. The summed E-state index contributed by atoms with van der Waals surface area (Å²) < 4.78 is 6.24. The summed E-state index contributed by atoms with van der Waals surface area (Å²) in [6.45, 7) is 2.10. The average molecular weight is 328 g/mol. The molecule has 0 radical (unpaired) electrons. The van der Waals surface area contributed by atoms with Crippen LogP contribution in [0.15, 0.2) is 53.7 Å². The number of carbonyl (C=O) groups is 1. The minimum Gasteiger partial charge on any atom is -0.496 e. The molecule has 1 atom stereocenters. The molecule has 1 heterocycles. The predicted molar refractivity (Wildman–Crippen MR) is 91.9 cm³/mol. The maximum atomic E-state index is 12.6. The number of carbonyl (C=O) groups excluding carboxylic acids is 1. The molecule has 5 nitrogen and oxygen atoms in total. The number of para-hydroxylation sites is 1. The molecule has 0 aliphatic carbocycles. The first-order valence-corrected chi connectivity index (χ1v) is 8.23. The van der Waals surface area contributed by atoms with E-state index in [1.54, 1.807) is 25.3 Å². The van der Waals surface area contributed by atoms with Gasteiger partial charge < -0.3 is 9.94 Å². The van der Waals surface area contributed by atoms with Gasteiger partial charge in [-0.3, -0.25) is 4.79 Å². The highest BCUT2D eigenvalue weighted by molar-refractivity contribution is 5.79. The summed E-state index contributed by atoms with van der Waals surface area (Å²) in [7, 11) is 1.63. The van der Waals surface area contributed by atoms with Crippen molar-refractivity contribution < 1.29 is 14.7 Å². The van der Waals surface area contributed by atoms with Crippen LogP contribution in [0.2, 0.25) is 0 Å². The number of aromatic nitrogens is 1. The second kappa shape index (κ2) is 8.91. The number of rotatable bonds is 7. The van der Waals surface area contributed by atoms with E-state index in [0.29, 0.717) is 6.42 Å². The largest absolute Gasteiger partial charge is 0.496 e. The lowest BCUT2D eigenvalue weighted by Gasteiger charge is -2.15. The zero-order chi connectivity index (χ0) is 17.4. The molecule has 1 aromatic carbocycles. The topological polar surface area (TPSA) is 63.8 Å². The number of hydrogen-bond acceptors (Lipinski definition) is 3. The molecular weight excluding hydrogens is 304 g/mol. The van der Waals surface area contributed by atoms with Crippen LogP contribution in [0.5, 0.6) is 5.75 Å². The molecule has 2 rings (SSSR count). The third-order valence-electron chi connectivity index (χ3n) is 3.96. The van der Waals surface area contributed by atoms with E-state index in [4.69, 9.17) is 4.74 Å². The van der Waals surface area contributed by atoms with Gasteiger partial charge in [0.1, 0.15) is 5.75 Å². The summed E-state index contributed by atoms with van der Waals surface area (Å²) >= 11 is 0. The fraction of sp³-hybridized carbons (Fsp3) is 0.368. The van der Waals surface area contributed by atoms with Gasteiger partial charge in [0.2, 0.25) is 0 Å². The van der Waals surface area contributed by atoms with Crippen molar-refractivity contribution in [2.75, 3.05) is 7.11 Å². The average Bonchev–Trinajstić information content (AvgIpc) is 2.60. The van der Waals surface area contributed by atoms with E-state index in [-0.39, 0.29) is 17.3 Å². The van der Waals surface area contributed by atoms with Gasteiger partial charge in [0.05, 0.1) is 7.11 Å². The van der Waals surface area contributed by atoms with E-state index >= 15 is 0 Å². The molecule has 0 aliphatic rings. The quantitative estimate of drug-likeness (QED) is 0.794. The highest BCUT2D eigenvalue weighted by Crippen LogP contribution is 2.24. The molecule has 2 aromatic rings. The SMILES string of the molecule is CCCCC(Cc1ccccc1OC)C(=O)N=c1ccccn1O. The molecule has 0 saturated heterocycles. The van der Waals surface area contributed by atoms with Crippen molar-refractivity contribution in [1.82, 2.24) is 4.73 Å². The van der Waals surface area contributed by atoms with Crippen LogP contribution in [0.25, 0.3) is 0 Å². The van der Waals surface area contributed by atoms with Crippen molar-refractivity contribution in [3.05, 3.63) is 59.7 Å². The summed E-state index contributed by atoms with van der Waals surface area (Å²) in [4.78, 5) is 16.7. The third kappa shape index (κ3) is 4.72. The Labute approximate surface area is 142 Å². The Morgan fingerprint density at radius 3 is 2.71 bits per heavy atom. The van der Waals surface area contributed by atoms with Crippen LogP contribution in [0, 0.1) is 5.92 Å². The molecule has 5 heteroatoms. The maximum absolute atomic E-state index is 12.6. The van der Waals surface area contributed by atoms with Crippen LogP contribution >= 0.6 is 0 Å². The second-order valence-corrected chi connectivity index (χ2v) is 5.71. The first-order chi connectivity index (χ1) is 11.7. The fourth-order valence-electron chi connectivity index (χ4n) is 2.62. The Hall–Kier alpha value is -2.56. The lowest BCUT2D eigenvalue weighted by Crippen LogP contribution is -2.23. The Balaban J connectivity index is 2.26. The van der Waals surface area contributed by atoms with E-state index in [1.165, 1.54) is 6.20 Å². The number of unbranched alkanes of at least 4 members (excludes halogenated alkanes) is 1. The Morgan fingerprint density at radius 1 is 1.25 bits per heavy atom. The minimum absolute atomic E-state index is 0.219. The number of amides is 1. The molecule has 1 N–H and O–H groups in total. The van der Waals surface area contributed by atoms with Crippen LogP contribution < -0.4 is 10.2 Å². The van der Waals surface area contributed by atoms with E-state index in [1.807, 2.05) is 24.3 Å². The number of benzene rings is 1. The zero-order valence-corrected chi connectivity index (χ0v) is 14.2. The van der Waals surface area contributed by atoms with Gasteiger partial charge in [-0.1, -0.05) is 44.0 Å². The van der Waals surface area contributed by atoms with E-state index in [0.717, 1.165) is 35.3 Å². The van der Waals surface area contributed by atoms with E-state index in [9.17, 15) is 10.0 Å². The molecule has 1 aromatic heterocycles. The van der Waals surface area contributed by atoms with Crippen LogP contribution in [0.4, 0.5) is 0 Å². The summed E-state index contributed by atoms with van der Waals surface area (Å²) in [6.07, 6.45) is 4.75. The van der Waals surface area contributed by atoms with Gasteiger partial charge in [-0.05, 0) is 36.6 Å². The van der Waals surface area contributed by atoms with E-state index < -0.39 is 0 Å². The molecule has 0 bridgehead atoms. The molecule has 0 aliphatic heterocycles. The molecular formula is C19H24N2O3. The van der Waals surface area contributed by atoms with Crippen molar-refractivity contribution in [1.29, 1.82) is 0 Å². The van der Waals surface area contributed by atoms with Gasteiger partial charge in [-0.2, -0.15) is 9.72 Å². The second-order valence-electron chi connectivity index (χ2n) is 5.71. The number of nitrogens with zero attached hydrogens (tertiary/aromatic N) is 2. The van der Waals surface area contributed by atoms with Gasteiger partial charge >= 0.3 is 0 Å². The van der Waals surface area contributed by atoms with Crippen molar-refractivity contribution in [3.8, 4) is 5.75 Å². The van der Waals surface area contributed by atoms with E-state index in [2.05, 4.69) is 11.9 Å². The van der Waals surface area contributed by atoms with Crippen molar-refractivity contribution in [2.45, 2.75) is 32.6 Å². The summed E-state index contributed by atoms with van der Waals surface area (Å²) in [5.74, 6) is 0.327. The summed E-state index contributed by atoms with van der Waals surface area (Å²) in [6, 6.07) is 12.7. The van der Waals surface area contributed by atoms with Crippen LogP contribution in [-0.4, -0.2) is 23.0 Å². The number of pyridine rings is 1. The number of hydrogen-bond donors (Lipinski definition) is 1. The minimum atomic E-state index is -0.235. The first-order valence-electron chi connectivity index (χ1n) is 8.23. The smallest absolute Gasteiger partial charge is 0.251 e. The molecule has 24 heavy (non-hydrogen) atoms. The normalized spacial score (nSPS) is 12.8. The molecule has 0 saturated carbocycles. The Bertz CT molecular complexity index is 737. The van der Waals surface area contributed by atoms with Gasteiger partial charge in [-0.15, -0.1) is 0 Å². The van der Waals surface area contributed by atoms with Gasteiger partial charge in [0.25, 0.3) is 5.91 Å². The van der Waals surface area contributed by atoms with Crippen molar-refractivity contribution >= 4 is 5.91 Å². The predicted octanol–water partition coefficient (Wildman–Crippen LogP) is 3.21. The lowest BCUT2D eigenvalue weighted by atomic mass is 9.93.